The summed E-state index contributed by atoms with van der Waals surface area (Å²) < 4.78 is 0. The quantitative estimate of drug-likeness (QED) is 0.468. The molecule has 2 N–H and O–H groups in total. The summed E-state index contributed by atoms with van der Waals surface area (Å²) in [5, 5.41) is 14.3. The first kappa shape index (κ1) is 16.8. The highest BCUT2D eigenvalue weighted by atomic mass is 16.3. The van der Waals surface area contributed by atoms with Gasteiger partial charge in [-0.25, -0.2) is 0 Å². The number of rotatable bonds is 7. The molecule has 11 heteroatoms. The van der Waals surface area contributed by atoms with Gasteiger partial charge in [-0.1, -0.05) is 30.3 Å². The minimum absolute atomic E-state index is 0.102. The molecule has 0 bridgehead atoms. The number of nitrogens with one attached hydrogen (secondary N) is 1. The van der Waals surface area contributed by atoms with Crippen molar-refractivity contribution in [2.45, 2.75) is 12.0 Å². The van der Waals surface area contributed by atoms with Gasteiger partial charge in [0.25, 0.3) is 0 Å². The number of hydrogen-bond donors (Lipinski definition) is 2. The highest BCUT2D eigenvalue weighted by Gasteiger charge is 2.29. The fraction of sp³-hybridized carbons (Fsp3) is 0.250. The first-order valence-electron chi connectivity index (χ1n) is 7.46. The zero-order valence-electron chi connectivity index (χ0n) is 12.9. The summed E-state index contributed by atoms with van der Waals surface area (Å²) in [6.07, 6.45) is 0.117. The minimum atomic E-state index is -0.447. The van der Waals surface area contributed by atoms with E-state index in [4.69, 9.17) is 0 Å². The van der Waals surface area contributed by atoms with E-state index in [1.807, 2.05) is 30.3 Å². The van der Waals surface area contributed by atoms with Crippen LogP contribution in [0.5, 0.6) is 0 Å². The lowest BCUT2D eigenvalue weighted by Gasteiger charge is -2.32. The molecule has 0 aliphatic heterocycles. The summed E-state index contributed by atoms with van der Waals surface area (Å²) in [4.78, 5) is 0. The molecule has 0 aromatic heterocycles. The highest BCUT2D eigenvalue weighted by Crippen LogP contribution is 2.17. The van der Waals surface area contributed by atoms with Gasteiger partial charge in [-0.3, -0.25) is 0 Å². The van der Waals surface area contributed by atoms with E-state index in [-0.39, 0.29) is 5.94 Å². The maximum atomic E-state index is 10.6. The Kier molecular flexibility index (Phi) is 7.16. The van der Waals surface area contributed by atoms with Crippen molar-refractivity contribution in [3.8, 4) is 0 Å². The van der Waals surface area contributed by atoms with Crippen LogP contribution in [0.3, 0.4) is 0 Å². The van der Waals surface area contributed by atoms with Crippen molar-refractivity contribution in [1.29, 1.82) is 0 Å². The summed E-state index contributed by atoms with van der Waals surface area (Å²) >= 11 is 0. The van der Waals surface area contributed by atoms with Crippen molar-refractivity contribution in [2.24, 2.45) is 0 Å². The second-order valence-corrected chi connectivity index (χ2v) is 5.97. The van der Waals surface area contributed by atoms with Gasteiger partial charge < -0.3 is 10.3 Å². The SMILES string of the molecule is BBB(B)C(NB(B)B(B)B)C(O)c1ccccc1. The van der Waals surface area contributed by atoms with Crippen LogP contribution in [0.2, 0.25) is 0 Å². The van der Waals surface area contributed by atoms with Crippen LogP contribution in [0.4, 0.5) is 0 Å². The number of hydrogen-bond acceptors (Lipinski definition) is 2. The second kappa shape index (κ2) is 8.11. The zero-order valence-corrected chi connectivity index (χ0v) is 12.9. The van der Waals surface area contributed by atoms with Crippen LogP contribution in [0.25, 0.3) is 0 Å². The van der Waals surface area contributed by atoms with Crippen molar-refractivity contribution < 1.29 is 5.11 Å². The van der Waals surface area contributed by atoms with E-state index in [1.165, 1.54) is 0 Å². The lowest BCUT2D eigenvalue weighted by Crippen LogP contribution is -2.61. The normalized spacial score (nSPS) is 13.3. The van der Waals surface area contributed by atoms with Gasteiger partial charge in [-0.15, -0.1) is 0 Å². The lowest BCUT2D eigenvalue weighted by molar-refractivity contribution is 0.167. The Bertz CT molecular complexity index is 366. The molecule has 2 unspecified atom stereocenters. The Morgan fingerprint density at radius 1 is 1.11 bits per heavy atom. The standard InChI is InChI=1S/C8H20B9NO/c9-14-15(10)8(18-17(13)16(11)12)7(19)6-4-2-1-3-5-6/h1-5,7-8,14,18-19H,9-13H2. The summed E-state index contributed by atoms with van der Waals surface area (Å²) in [5.41, 5.74) is 0.997. The van der Waals surface area contributed by atoms with E-state index in [0.717, 1.165) is 12.6 Å². The zero-order chi connectivity index (χ0) is 14.4. The Morgan fingerprint density at radius 2 is 1.68 bits per heavy atom. The Balaban J connectivity index is 2.85. The van der Waals surface area contributed by atoms with Crippen molar-refractivity contribution in [3.63, 3.8) is 0 Å². The van der Waals surface area contributed by atoms with Gasteiger partial charge in [0.15, 0.2) is 0 Å². The molecule has 0 fully saturated rings. The first-order chi connectivity index (χ1) is 8.97. The summed E-state index contributed by atoms with van der Waals surface area (Å²) in [6, 6.07) is 9.96. The van der Waals surface area contributed by atoms with Crippen LogP contribution in [0.15, 0.2) is 30.3 Å². The number of aliphatic hydroxyl groups excluding tert-OH is 1. The molecule has 19 heavy (non-hydrogen) atoms. The average molecular weight is 244 g/mol. The van der Waals surface area contributed by atoms with Crippen molar-refractivity contribution in [3.05, 3.63) is 35.9 Å². The lowest BCUT2D eigenvalue weighted by atomic mass is 8.90. The van der Waals surface area contributed by atoms with Gasteiger partial charge in [0, 0.05) is 13.4 Å². The largest absolute Gasteiger partial charge is 0.388 e. The first-order valence-corrected chi connectivity index (χ1v) is 7.46. The molecule has 0 saturated carbocycles. The molecule has 0 aliphatic rings. The van der Waals surface area contributed by atoms with Crippen LogP contribution in [0.1, 0.15) is 11.7 Å². The topological polar surface area (TPSA) is 32.3 Å². The predicted octanol–water partition coefficient (Wildman–Crippen LogP) is -5.72. The molecule has 1 rings (SSSR count). The monoisotopic (exact) mass is 245 g/mol. The maximum Gasteiger partial charge on any atom is 0.127 e. The van der Waals surface area contributed by atoms with Crippen LogP contribution in [-0.4, -0.2) is 76.3 Å². The molecule has 90 valence electrons. The fourth-order valence-corrected chi connectivity index (χ4v) is 2.17. The molecule has 1 aromatic rings. The van der Waals surface area contributed by atoms with E-state index in [0.29, 0.717) is 19.5 Å². The van der Waals surface area contributed by atoms with E-state index < -0.39 is 6.10 Å². The van der Waals surface area contributed by atoms with Crippen LogP contribution in [0, 0.1) is 0 Å². The minimum Gasteiger partial charge on any atom is -0.388 e. The third-order valence-corrected chi connectivity index (χ3v) is 4.19. The Morgan fingerprint density at radius 3 is 2.16 bits per heavy atom. The van der Waals surface area contributed by atoms with Crippen molar-refractivity contribution in [2.75, 3.05) is 0 Å². The molecule has 1 aromatic carbocycles. The van der Waals surface area contributed by atoms with Gasteiger partial charge in [0.05, 0.1) is 51.3 Å². The molecule has 0 aliphatic carbocycles. The Labute approximate surface area is 124 Å². The molecular formula is C8H20B9NO. The second-order valence-electron chi connectivity index (χ2n) is 5.97. The molecule has 2 nitrogen and oxygen atoms in total. The van der Waals surface area contributed by atoms with Crippen molar-refractivity contribution >= 4 is 65.3 Å². The van der Waals surface area contributed by atoms with E-state index in [1.54, 1.807) is 0 Å². The molecule has 0 spiro atoms. The maximum absolute atomic E-state index is 10.6. The van der Waals surface area contributed by atoms with Gasteiger partial charge >= 0.3 is 0 Å². The van der Waals surface area contributed by atoms with Gasteiger partial charge in [-0.2, -0.15) is 0 Å². The molecular weight excluding hydrogens is 223 g/mol. The van der Waals surface area contributed by atoms with Gasteiger partial charge in [-0.05, 0) is 11.5 Å². The van der Waals surface area contributed by atoms with Gasteiger partial charge in [0.1, 0.15) is 6.63 Å². The van der Waals surface area contributed by atoms with Gasteiger partial charge in [0.2, 0.25) is 0 Å². The summed E-state index contributed by atoms with van der Waals surface area (Å²) in [5.74, 6) is 0.102. The highest BCUT2D eigenvalue weighted by molar-refractivity contribution is 7.66. The average Bonchev–Trinajstić information content (AvgIpc) is 2.43. The molecule has 0 radical (unpaired) electrons. The third-order valence-electron chi connectivity index (χ3n) is 4.19. The van der Waals surface area contributed by atoms with E-state index in [9.17, 15) is 5.11 Å². The van der Waals surface area contributed by atoms with Crippen LogP contribution >= 0.6 is 0 Å². The number of benzene rings is 1. The van der Waals surface area contributed by atoms with E-state index in [2.05, 4.69) is 43.9 Å². The summed E-state index contributed by atoms with van der Waals surface area (Å²) in [6.45, 7) is 0.841. The Hall–Kier alpha value is -0.276. The third kappa shape index (κ3) is 4.96. The van der Waals surface area contributed by atoms with Crippen LogP contribution < -0.4 is 5.23 Å². The van der Waals surface area contributed by atoms with Crippen molar-refractivity contribution in [1.82, 2.24) is 5.23 Å². The molecule has 0 saturated heterocycles. The molecule has 2 atom stereocenters. The number of aliphatic hydroxyl groups is 1. The predicted molar refractivity (Wildman–Crippen MR) is 105 cm³/mol. The fourth-order valence-electron chi connectivity index (χ4n) is 2.17. The summed E-state index contributed by atoms with van der Waals surface area (Å²) in [7, 11) is 12.1. The molecule has 0 heterocycles. The molecule has 0 amide bonds. The van der Waals surface area contributed by atoms with E-state index >= 15 is 0 Å². The van der Waals surface area contributed by atoms with Crippen LogP contribution in [-0.2, 0) is 0 Å². The smallest absolute Gasteiger partial charge is 0.127 e.